The Bertz CT molecular complexity index is 353. The standard InChI is InChI=1S/C11H18BrN3O/c1-9-5-10(14(2)13-9)7-15-3-4-16-11(6-12)8-15/h5,11H,3-4,6-8H2,1-2H3. The molecule has 0 bridgehead atoms. The molecule has 1 fully saturated rings. The lowest BCUT2D eigenvalue weighted by molar-refractivity contribution is -0.0188. The van der Waals surface area contributed by atoms with Gasteiger partial charge in [0.15, 0.2) is 0 Å². The number of nitrogens with zero attached hydrogens (tertiary/aromatic N) is 3. The predicted octanol–water partition coefficient (Wildman–Crippen LogP) is 1.32. The fourth-order valence-corrected chi connectivity index (χ4v) is 2.45. The number of alkyl halides is 1. The van der Waals surface area contributed by atoms with E-state index in [9.17, 15) is 0 Å². The molecule has 16 heavy (non-hydrogen) atoms. The average molecular weight is 288 g/mol. The summed E-state index contributed by atoms with van der Waals surface area (Å²) in [6.07, 6.45) is 0.322. The second kappa shape index (κ2) is 5.29. The van der Waals surface area contributed by atoms with Crippen LogP contribution in [0.5, 0.6) is 0 Å². The number of ether oxygens (including phenoxy) is 1. The van der Waals surface area contributed by atoms with Gasteiger partial charge in [-0.2, -0.15) is 5.10 Å². The van der Waals surface area contributed by atoms with E-state index in [1.54, 1.807) is 0 Å². The SMILES string of the molecule is Cc1cc(CN2CCOC(CBr)C2)n(C)n1. The molecule has 1 unspecified atom stereocenters. The van der Waals surface area contributed by atoms with Gasteiger partial charge in [0, 0.05) is 32.0 Å². The molecule has 0 spiro atoms. The molecule has 0 radical (unpaired) electrons. The van der Waals surface area contributed by atoms with E-state index >= 15 is 0 Å². The number of hydrogen-bond acceptors (Lipinski definition) is 3. The number of rotatable bonds is 3. The zero-order valence-electron chi connectivity index (χ0n) is 9.82. The van der Waals surface area contributed by atoms with Gasteiger partial charge in [0.05, 0.1) is 24.1 Å². The van der Waals surface area contributed by atoms with Crippen molar-refractivity contribution >= 4 is 15.9 Å². The van der Waals surface area contributed by atoms with Crippen molar-refractivity contribution in [1.82, 2.24) is 14.7 Å². The number of halogens is 1. The van der Waals surface area contributed by atoms with Crippen molar-refractivity contribution in [2.45, 2.75) is 19.6 Å². The first kappa shape index (κ1) is 12.1. The molecular formula is C11H18BrN3O. The van der Waals surface area contributed by atoms with Gasteiger partial charge in [-0.05, 0) is 13.0 Å². The van der Waals surface area contributed by atoms with E-state index in [0.29, 0.717) is 6.10 Å². The average Bonchev–Trinajstić information content (AvgIpc) is 2.58. The molecule has 1 aliphatic heterocycles. The smallest absolute Gasteiger partial charge is 0.0799 e. The van der Waals surface area contributed by atoms with Crippen molar-refractivity contribution in [3.63, 3.8) is 0 Å². The zero-order chi connectivity index (χ0) is 11.5. The number of aromatic nitrogens is 2. The van der Waals surface area contributed by atoms with Gasteiger partial charge in [-0.15, -0.1) is 0 Å². The lowest BCUT2D eigenvalue weighted by atomic mass is 10.2. The van der Waals surface area contributed by atoms with Crippen LogP contribution in [0.4, 0.5) is 0 Å². The van der Waals surface area contributed by atoms with Gasteiger partial charge in [-0.25, -0.2) is 0 Å². The Morgan fingerprint density at radius 2 is 2.44 bits per heavy atom. The molecule has 0 amide bonds. The van der Waals surface area contributed by atoms with Crippen LogP contribution in [-0.4, -0.2) is 45.8 Å². The molecule has 0 aliphatic carbocycles. The summed E-state index contributed by atoms with van der Waals surface area (Å²) in [7, 11) is 2.00. The summed E-state index contributed by atoms with van der Waals surface area (Å²) in [5.74, 6) is 0. The molecular weight excluding hydrogens is 270 g/mol. The van der Waals surface area contributed by atoms with Gasteiger partial charge < -0.3 is 4.74 Å². The Morgan fingerprint density at radius 1 is 1.62 bits per heavy atom. The minimum absolute atomic E-state index is 0.322. The van der Waals surface area contributed by atoms with Gasteiger partial charge in [0.25, 0.3) is 0 Å². The maximum atomic E-state index is 5.62. The summed E-state index contributed by atoms with van der Waals surface area (Å²) in [6, 6.07) is 2.15. The molecule has 1 aromatic rings. The normalized spacial score (nSPS) is 22.6. The van der Waals surface area contributed by atoms with Crippen molar-refractivity contribution in [3.8, 4) is 0 Å². The number of hydrogen-bond donors (Lipinski definition) is 0. The Kier molecular flexibility index (Phi) is 4.00. The molecule has 5 heteroatoms. The van der Waals surface area contributed by atoms with E-state index in [0.717, 1.165) is 37.3 Å². The Labute approximate surface area is 105 Å². The van der Waals surface area contributed by atoms with E-state index in [1.165, 1.54) is 5.69 Å². The molecule has 1 aromatic heterocycles. The lowest BCUT2D eigenvalue weighted by Gasteiger charge is -2.31. The van der Waals surface area contributed by atoms with Crippen LogP contribution < -0.4 is 0 Å². The fourth-order valence-electron chi connectivity index (χ4n) is 2.06. The highest BCUT2D eigenvalue weighted by Gasteiger charge is 2.20. The molecule has 1 saturated heterocycles. The summed E-state index contributed by atoms with van der Waals surface area (Å²) in [4.78, 5) is 2.42. The highest BCUT2D eigenvalue weighted by molar-refractivity contribution is 9.09. The monoisotopic (exact) mass is 287 g/mol. The predicted molar refractivity (Wildman–Crippen MR) is 66.8 cm³/mol. The summed E-state index contributed by atoms with van der Waals surface area (Å²) < 4.78 is 7.59. The maximum absolute atomic E-state index is 5.62. The van der Waals surface area contributed by atoms with Crippen molar-refractivity contribution in [1.29, 1.82) is 0 Å². The van der Waals surface area contributed by atoms with E-state index in [2.05, 4.69) is 32.0 Å². The quantitative estimate of drug-likeness (QED) is 0.786. The largest absolute Gasteiger partial charge is 0.375 e. The fraction of sp³-hybridized carbons (Fsp3) is 0.727. The van der Waals surface area contributed by atoms with Gasteiger partial charge in [0.2, 0.25) is 0 Å². The maximum Gasteiger partial charge on any atom is 0.0799 e. The molecule has 0 aromatic carbocycles. The van der Waals surface area contributed by atoms with Crippen LogP contribution in [0.25, 0.3) is 0 Å². The Morgan fingerprint density at radius 3 is 3.06 bits per heavy atom. The first-order valence-electron chi connectivity index (χ1n) is 5.58. The summed E-state index contributed by atoms with van der Waals surface area (Å²) >= 11 is 3.47. The molecule has 90 valence electrons. The second-order valence-corrected chi connectivity index (χ2v) is 4.93. The van der Waals surface area contributed by atoms with Crippen LogP contribution in [0, 0.1) is 6.92 Å². The minimum Gasteiger partial charge on any atom is -0.375 e. The molecule has 2 rings (SSSR count). The van der Waals surface area contributed by atoms with Crippen molar-refractivity contribution in [3.05, 3.63) is 17.5 Å². The zero-order valence-corrected chi connectivity index (χ0v) is 11.4. The van der Waals surface area contributed by atoms with Crippen LogP contribution in [0.1, 0.15) is 11.4 Å². The van der Waals surface area contributed by atoms with Crippen molar-refractivity contribution in [2.75, 3.05) is 25.0 Å². The van der Waals surface area contributed by atoms with Gasteiger partial charge >= 0.3 is 0 Å². The molecule has 2 heterocycles. The highest BCUT2D eigenvalue weighted by Crippen LogP contribution is 2.12. The van der Waals surface area contributed by atoms with Gasteiger partial charge in [-0.3, -0.25) is 9.58 Å². The van der Waals surface area contributed by atoms with Gasteiger partial charge in [0.1, 0.15) is 0 Å². The molecule has 0 saturated carbocycles. The number of aryl methyl sites for hydroxylation is 2. The summed E-state index contributed by atoms with van der Waals surface area (Å²) in [6.45, 7) is 5.82. The molecule has 0 N–H and O–H groups in total. The van der Waals surface area contributed by atoms with Crippen LogP contribution in [0.3, 0.4) is 0 Å². The third-order valence-electron chi connectivity index (χ3n) is 2.88. The van der Waals surface area contributed by atoms with Gasteiger partial charge in [-0.1, -0.05) is 15.9 Å². The van der Waals surface area contributed by atoms with E-state index in [-0.39, 0.29) is 0 Å². The Balaban J connectivity index is 1.96. The van der Waals surface area contributed by atoms with Crippen LogP contribution in [0.2, 0.25) is 0 Å². The third kappa shape index (κ3) is 2.84. The van der Waals surface area contributed by atoms with E-state index in [1.807, 2.05) is 18.7 Å². The first-order chi connectivity index (χ1) is 7.69. The Hall–Kier alpha value is -0.390. The summed E-state index contributed by atoms with van der Waals surface area (Å²) in [5.41, 5.74) is 2.36. The van der Waals surface area contributed by atoms with Crippen LogP contribution in [0.15, 0.2) is 6.07 Å². The highest BCUT2D eigenvalue weighted by atomic mass is 79.9. The van der Waals surface area contributed by atoms with Crippen LogP contribution >= 0.6 is 15.9 Å². The lowest BCUT2D eigenvalue weighted by Crippen LogP contribution is -2.42. The molecule has 4 nitrogen and oxygen atoms in total. The first-order valence-corrected chi connectivity index (χ1v) is 6.70. The van der Waals surface area contributed by atoms with E-state index in [4.69, 9.17) is 4.74 Å². The van der Waals surface area contributed by atoms with Crippen molar-refractivity contribution < 1.29 is 4.74 Å². The van der Waals surface area contributed by atoms with Crippen LogP contribution in [-0.2, 0) is 18.3 Å². The second-order valence-electron chi connectivity index (χ2n) is 4.28. The third-order valence-corrected chi connectivity index (χ3v) is 3.60. The topological polar surface area (TPSA) is 30.3 Å². The van der Waals surface area contributed by atoms with Crippen molar-refractivity contribution in [2.24, 2.45) is 7.05 Å². The van der Waals surface area contributed by atoms with E-state index < -0.39 is 0 Å². The minimum atomic E-state index is 0.322. The number of morpholine rings is 1. The molecule has 1 aliphatic rings. The summed E-state index contributed by atoms with van der Waals surface area (Å²) in [5, 5.41) is 5.28. The molecule has 1 atom stereocenters.